The largest absolute Gasteiger partial charge is 0.377 e. The van der Waals surface area contributed by atoms with Gasteiger partial charge in [0.1, 0.15) is 0 Å². The Morgan fingerprint density at radius 1 is 1.69 bits per heavy atom. The molecule has 1 aliphatic rings. The summed E-state index contributed by atoms with van der Waals surface area (Å²) in [6, 6.07) is 0. The van der Waals surface area contributed by atoms with Crippen LogP contribution < -0.4 is 11.1 Å². The minimum Gasteiger partial charge on any atom is -0.377 e. The van der Waals surface area contributed by atoms with Crippen LogP contribution in [0.4, 0.5) is 0 Å². The first-order chi connectivity index (χ1) is 7.50. The number of carbonyl (C=O) groups excluding carboxylic acids is 1. The van der Waals surface area contributed by atoms with Crippen LogP contribution in [0.15, 0.2) is 0 Å². The van der Waals surface area contributed by atoms with Crippen LogP contribution in [0.25, 0.3) is 0 Å². The van der Waals surface area contributed by atoms with Crippen molar-refractivity contribution >= 4 is 5.91 Å². The van der Waals surface area contributed by atoms with Crippen molar-refractivity contribution in [3.8, 4) is 0 Å². The molecule has 0 spiro atoms. The lowest BCUT2D eigenvalue weighted by atomic mass is 9.84. The van der Waals surface area contributed by atoms with E-state index in [1.54, 1.807) is 0 Å². The van der Waals surface area contributed by atoms with Crippen LogP contribution in [0.5, 0.6) is 0 Å². The van der Waals surface area contributed by atoms with Crippen LogP contribution in [0.2, 0.25) is 0 Å². The standard InChI is InChI=1S/C12H24N2O2/c1-4-9(2)12(3,11(13)15)14-8-10-6-5-7-16-10/h9-10,14H,4-8H2,1-3H3,(H2,13,15). The minimum absolute atomic E-state index is 0.228. The number of nitrogens with one attached hydrogen (secondary N) is 1. The molecule has 0 aliphatic carbocycles. The van der Waals surface area contributed by atoms with Gasteiger partial charge in [-0.1, -0.05) is 20.3 Å². The minimum atomic E-state index is -0.624. The summed E-state index contributed by atoms with van der Waals surface area (Å²) >= 11 is 0. The molecular weight excluding hydrogens is 204 g/mol. The molecule has 3 N–H and O–H groups in total. The van der Waals surface area contributed by atoms with Gasteiger partial charge in [-0.25, -0.2) is 0 Å². The summed E-state index contributed by atoms with van der Waals surface area (Å²) in [4.78, 5) is 11.5. The van der Waals surface area contributed by atoms with E-state index in [4.69, 9.17) is 10.5 Å². The van der Waals surface area contributed by atoms with E-state index >= 15 is 0 Å². The van der Waals surface area contributed by atoms with Crippen molar-refractivity contribution in [1.29, 1.82) is 0 Å². The highest BCUT2D eigenvalue weighted by Gasteiger charge is 2.36. The van der Waals surface area contributed by atoms with Gasteiger partial charge in [-0.05, 0) is 25.7 Å². The number of ether oxygens (including phenoxy) is 1. The van der Waals surface area contributed by atoms with Gasteiger partial charge in [-0.2, -0.15) is 0 Å². The summed E-state index contributed by atoms with van der Waals surface area (Å²) in [6.07, 6.45) is 3.35. The van der Waals surface area contributed by atoms with Gasteiger partial charge in [0.05, 0.1) is 11.6 Å². The Balaban J connectivity index is 2.53. The number of amides is 1. The second-order valence-electron chi connectivity index (χ2n) is 4.89. The zero-order valence-electron chi connectivity index (χ0n) is 10.6. The van der Waals surface area contributed by atoms with Crippen molar-refractivity contribution in [2.75, 3.05) is 13.2 Å². The van der Waals surface area contributed by atoms with Gasteiger partial charge in [0.15, 0.2) is 0 Å². The van der Waals surface area contributed by atoms with Gasteiger partial charge in [-0.15, -0.1) is 0 Å². The van der Waals surface area contributed by atoms with E-state index in [9.17, 15) is 4.79 Å². The van der Waals surface area contributed by atoms with Crippen LogP contribution in [-0.2, 0) is 9.53 Å². The Bertz CT molecular complexity index is 239. The molecule has 0 aromatic rings. The Hall–Kier alpha value is -0.610. The normalized spacial score (nSPS) is 26.3. The quantitative estimate of drug-likeness (QED) is 0.714. The van der Waals surface area contributed by atoms with Crippen LogP contribution in [-0.4, -0.2) is 30.7 Å². The molecule has 1 fully saturated rings. The van der Waals surface area contributed by atoms with Crippen molar-refractivity contribution in [3.63, 3.8) is 0 Å². The molecule has 0 radical (unpaired) electrons. The number of nitrogens with two attached hydrogens (primary N) is 1. The number of hydrogen-bond donors (Lipinski definition) is 2. The summed E-state index contributed by atoms with van der Waals surface area (Å²) in [5, 5.41) is 3.29. The lowest BCUT2D eigenvalue weighted by molar-refractivity contribution is -0.126. The van der Waals surface area contributed by atoms with Crippen LogP contribution in [0.1, 0.15) is 40.0 Å². The summed E-state index contributed by atoms with van der Waals surface area (Å²) in [6.45, 7) is 7.55. The third kappa shape index (κ3) is 2.95. The van der Waals surface area contributed by atoms with E-state index in [1.165, 1.54) is 0 Å². The Kier molecular flexibility index (Phi) is 4.74. The summed E-state index contributed by atoms with van der Waals surface area (Å²) in [5.74, 6) is -0.0498. The van der Waals surface area contributed by atoms with Gasteiger partial charge in [0.2, 0.25) is 5.91 Å². The summed E-state index contributed by atoms with van der Waals surface area (Å²) < 4.78 is 5.53. The van der Waals surface area contributed by atoms with Crippen molar-refractivity contribution < 1.29 is 9.53 Å². The summed E-state index contributed by atoms with van der Waals surface area (Å²) in [7, 11) is 0. The van der Waals surface area contributed by atoms with E-state index in [0.29, 0.717) is 6.54 Å². The molecule has 94 valence electrons. The number of hydrogen-bond acceptors (Lipinski definition) is 3. The number of rotatable bonds is 6. The third-order valence-electron chi connectivity index (χ3n) is 3.83. The summed E-state index contributed by atoms with van der Waals surface area (Å²) in [5.41, 5.74) is 4.87. The highest BCUT2D eigenvalue weighted by Crippen LogP contribution is 2.21. The van der Waals surface area contributed by atoms with Crippen LogP contribution in [0.3, 0.4) is 0 Å². The SMILES string of the molecule is CCC(C)C(C)(NCC1CCCO1)C(N)=O. The number of primary amides is 1. The van der Waals surface area contributed by atoms with Gasteiger partial charge < -0.3 is 15.8 Å². The van der Waals surface area contributed by atoms with Gasteiger partial charge in [0.25, 0.3) is 0 Å². The molecule has 4 heteroatoms. The van der Waals surface area contributed by atoms with Gasteiger partial charge in [0, 0.05) is 13.2 Å². The predicted octanol–water partition coefficient (Wildman–Crippen LogP) is 1.05. The van der Waals surface area contributed by atoms with Crippen molar-refractivity contribution in [1.82, 2.24) is 5.32 Å². The highest BCUT2D eigenvalue weighted by molar-refractivity contribution is 5.84. The molecule has 1 heterocycles. The monoisotopic (exact) mass is 228 g/mol. The molecule has 1 rings (SSSR count). The van der Waals surface area contributed by atoms with Crippen molar-refractivity contribution in [2.45, 2.75) is 51.7 Å². The molecule has 4 nitrogen and oxygen atoms in total. The zero-order valence-corrected chi connectivity index (χ0v) is 10.6. The van der Waals surface area contributed by atoms with E-state index in [0.717, 1.165) is 25.9 Å². The molecule has 3 atom stereocenters. The van der Waals surface area contributed by atoms with Crippen molar-refractivity contribution in [3.05, 3.63) is 0 Å². The van der Waals surface area contributed by atoms with Gasteiger partial charge >= 0.3 is 0 Å². The highest BCUT2D eigenvalue weighted by atomic mass is 16.5. The first-order valence-electron chi connectivity index (χ1n) is 6.17. The fraction of sp³-hybridized carbons (Fsp3) is 0.917. The molecule has 0 aromatic carbocycles. The molecule has 16 heavy (non-hydrogen) atoms. The molecule has 0 saturated carbocycles. The molecule has 1 amide bonds. The smallest absolute Gasteiger partial charge is 0.237 e. The molecule has 0 aromatic heterocycles. The lowest BCUT2D eigenvalue weighted by Crippen LogP contribution is -2.58. The Morgan fingerprint density at radius 3 is 2.81 bits per heavy atom. The second kappa shape index (κ2) is 5.64. The average molecular weight is 228 g/mol. The molecular formula is C12H24N2O2. The number of carbonyl (C=O) groups is 1. The maximum Gasteiger partial charge on any atom is 0.237 e. The molecule has 1 aliphatic heterocycles. The Labute approximate surface area is 97.9 Å². The molecule has 3 unspecified atom stereocenters. The first-order valence-corrected chi connectivity index (χ1v) is 6.17. The average Bonchev–Trinajstić information content (AvgIpc) is 2.77. The first kappa shape index (κ1) is 13.5. The maximum atomic E-state index is 11.5. The van der Waals surface area contributed by atoms with E-state index in [2.05, 4.69) is 12.2 Å². The van der Waals surface area contributed by atoms with Crippen molar-refractivity contribution in [2.24, 2.45) is 11.7 Å². The van der Waals surface area contributed by atoms with Gasteiger partial charge in [-0.3, -0.25) is 4.79 Å². The van der Waals surface area contributed by atoms with Crippen LogP contribution in [0, 0.1) is 5.92 Å². The van der Waals surface area contributed by atoms with E-state index in [1.807, 2.05) is 13.8 Å². The lowest BCUT2D eigenvalue weighted by Gasteiger charge is -2.34. The predicted molar refractivity (Wildman–Crippen MR) is 64.0 cm³/mol. The fourth-order valence-electron chi connectivity index (χ4n) is 2.04. The fourth-order valence-corrected chi connectivity index (χ4v) is 2.04. The second-order valence-corrected chi connectivity index (χ2v) is 4.89. The molecule has 0 bridgehead atoms. The zero-order chi connectivity index (χ0) is 12.2. The topological polar surface area (TPSA) is 64.3 Å². The maximum absolute atomic E-state index is 11.5. The van der Waals surface area contributed by atoms with Crippen LogP contribution >= 0.6 is 0 Å². The molecule has 1 saturated heterocycles. The van der Waals surface area contributed by atoms with E-state index < -0.39 is 5.54 Å². The third-order valence-corrected chi connectivity index (χ3v) is 3.83. The van der Waals surface area contributed by atoms with E-state index in [-0.39, 0.29) is 17.9 Å². The Morgan fingerprint density at radius 2 is 2.38 bits per heavy atom.